The van der Waals surface area contributed by atoms with Crippen molar-refractivity contribution in [3.8, 4) is 11.5 Å². The van der Waals surface area contributed by atoms with Crippen LogP contribution in [0, 0.1) is 12.8 Å². The van der Waals surface area contributed by atoms with Crippen molar-refractivity contribution in [2.45, 2.75) is 50.1 Å². The minimum Gasteiger partial charge on any atom is -0.493 e. The van der Waals surface area contributed by atoms with Crippen molar-refractivity contribution in [1.82, 2.24) is 19.7 Å². The van der Waals surface area contributed by atoms with Crippen LogP contribution in [0.4, 0.5) is 0 Å². The van der Waals surface area contributed by atoms with Gasteiger partial charge in [0.25, 0.3) is 5.91 Å². The van der Waals surface area contributed by atoms with Gasteiger partial charge in [-0.25, -0.2) is 4.98 Å². The topological polar surface area (TPSA) is 69.5 Å². The summed E-state index contributed by atoms with van der Waals surface area (Å²) >= 11 is 1.52. The van der Waals surface area contributed by atoms with Crippen molar-refractivity contribution < 1.29 is 14.3 Å². The summed E-state index contributed by atoms with van der Waals surface area (Å²) in [6.45, 7) is 8.58. The van der Waals surface area contributed by atoms with Crippen molar-refractivity contribution in [3.05, 3.63) is 29.6 Å². The van der Waals surface area contributed by atoms with Gasteiger partial charge in [-0.2, -0.15) is 4.68 Å². The predicted octanol–water partition coefficient (Wildman–Crippen LogP) is 3.58. The van der Waals surface area contributed by atoms with Crippen molar-refractivity contribution in [2.75, 3.05) is 26.8 Å². The highest BCUT2D eigenvalue weighted by Gasteiger charge is 2.43. The molecule has 2 atom stereocenters. The number of hydrogen-bond acceptors (Lipinski definition) is 7. The van der Waals surface area contributed by atoms with Gasteiger partial charge in [-0.15, -0.1) is 5.10 Å². The Hall–Kier alpha value is -2.06. The van der Waals surface area contributed by atoms with E-state index in [-0.39, 0.29) is 17.2 Å². The van der Waals surface area contributed by atoms with Gasteiger partial charge in [0.2, 0.25) is 0 Å². The quantitative estimate of drug-likeness (QED) is 0.713. The third kappa shape index (κ3) is 3.88. The number of aryl methyl sites for hydroxylation is 1. The molecule has 0 saturated carbocycles. The Labute approximate surface area is 175 Å². The fourth-order valence-corrected chi connectivity index (χ4v) is 5.43. The molecule has 156 valence electrons. The summed E-state index contributed by atoms with van der Waals surface area (Å²) in [7, 11) is 1.65. The van der Waals surface area contributed by atoms with Crippen LogP contribution in [-0.2, 0) is 0 Å². The summed E-state index contributed by atoms with van der Waals surface area (Å²) in [5.74, 6) is 2.77. The van der Waals surface area contributed by atoms with Gasteiger partial charge in [0, 0.05) is 0 Å². The molecule has 7 nitrogen and oxygen atoms in total. The molecule has 4 rings (SSSR count). The van der Waals surface area contributed by atoms with Crippen LogP contribution in [0.25, 0.3) is 0 Å². The van der Waals surface area contributed by atoms with E-state index in [1.54, 1.807) is 7.11 Å². The molecule has 2 aromatic rings. The van der Waals surface area contributed by atoms with E-state index < -0.39 is 0 Å². The number of piperidine rings is 1. The van der Waals surface area contributed by atoms with Gasteiger partial charge < -0.3 is 9.47 Å². The average Bonchev–Trinajstić information content (AvgIpc) is 3.22. The number of benzene rings is 1. The molecular formula is C21H28N4O3S. The number of ether oxygens (including phenoxy) is 2. The second-order valence-electron chi connectivity index (χ2n) is 7.74. The van der Waals surface area contributed by atoms with Crippen molar-refractivity contribution in [2.24, 2.45) is 5.92 Å². The standard InChI is InChI=1S/C21H28N4O3S/c1-5-28-16-7-6-15(12-17(16)27-4)18(24-10-8-13(2)9-11-24)19-20(26)25-21(29-19)22-14(3)23-25/h6-7,12-13,18-19H,5,8-11H2,1-4H3. The molecule has 8 heteroatoms. The lowest BCUT2D eigenvalue weighted by atomic mass is 9.94. The molecule has 0 N–H and O–H groups in total. The molecule has 0 bridgehead atoms. The molecule has 0 radical (unpaired) electrons. The molecular weight excluding hydrogens is 388 g/mol. The van der Waals surface area contributed by atoms with Gasteiger partial charge in [-0.1, -0.05) is 24.8 Å². The third-order valence-corrected chi connectivity index (χ3v) is 6.88. The number of aromatic nitrogens is 3. The van der Waals surface area contributed by atoms with E-state index >= 15 is 0 Å². The Morgan fingerprint density at radius 3 is 2.69 bits per heavy atom. The van der Waals surface area contributed by atoms with E-state index in [0.717, 1.165) is 37.2 Å². The Bertz CT molecular complexity index is 892. The first-order valence-corrected chi connectivity index (χ1v) is 11.1. The molecule has 1 aromatic heterocycles. The number of nitrogens with zero attached hydrogens (tertiary/aromatic N) is 4. The molecule has 3 heterocycles. The summed E-state index contributed by atoms with van der Waals surface area (Å²) in [5, 5.41) is 4.71. The van der Waals surface area contributed by atoms with Gasteiger partial charge in [0.05, 0.1) is 19.8 Å². The number of hydrogen-bond donors (Lipinski definition) is 0. The Morgan fingerprint density at radius 1 is 1.28 bits per heavy atom. The first-order chi connectivity index (χ1) is 14.0. The van der Waals surface area contributed by atoms with Crippen LogP contribution < -0.4 is 9.47 Å². The largest absolute Gasteiger partial charge is 0.493 e. The fraction of sp³-hybridized carbons (Fsp3) is 0.571. The van der Waals surface area contributed by atoms with Crippen LogP contribution in [0.2, 0.25) is 0 Å². The SMILES string of the molecule is CCOc1ccc(C(C2Sc3nc(C)nn3C2=O)N2CCC(C)CC2)cc1OC. The van der Waals surface area contributed by atoms with Crippen molar-refractivity contribution >= 4 is 17.7 Å². The molecule has 1 aromatic carbocycles. The van der Waals surface area contributed by atoms with Crippen molar-refractivity contribution in [1.29, 1.82) is 0 Å². The molecule has 0 spiro atoms. The zero-order valence-electron chi connectivity index (χ0n) is 17.4. The second kappa shape index (κ2) is 8.36. The van der Waals surface area contributed by atoms with E-state index in [1.807, 2.05) is 26.0 Å². The molecule has 2 aliphatic heterocycles. The maximum absolute atomic E-state index is 13.2. The summed E-state index contributed by atoms with van der Waals surface area (Å²) in [4.78, 5) is 20.1. The Morgan fingerprint density at radius 2 is 2.03 bits per heavy atom. The lowest BCUT2D eigenvalue weighted by Crippen LogP contribution is -2.42. The summed E-state index contributed by atoms with van der Waals surface area (Å²) in [5.41, 5.74) is 1.06. The maximum Gasteiger partial charge on any atom is 0.264 e. The molecule has 29 heavy (non-hydrogen) atoms. The van der Waals surface area contributed by atoms with E-state index in [1.165, 1.54) is 16.4 Å². The smallest absolute Gasteiger partial charge is 0.264 e. The monoisotopic (exact) mass is 416 g/mol. The van der Waals surface area contributed by atoms with Gasteiger partial charge in [0.15, 0.2) is 16.7 Å². The number of rotatable bonds is 6. The van der Waals surface area contributed by atoms with Gasteiger partial charge >= 0.3 is 0 Å². The number of carbonyl (C=O) groups excluding carboxylic acids is 1. The lowest BCUT2D eigenvalue weighted by Gasteiger charge is -2.38. The average molecular weight is 417 g/mol. The van der Waals surface area contributed by atoms with E-state index in [2.05, 4.69) is 28.0 Å². The second-order valence-corrected chi connectivity index (χ2v) is 8.85. The summed E-state index contributed by atoms with van der Waals surface area (Å²) in [6, 6.07) is 5.96. The molecule has 1 fully saturated rings. The zero-order chi connectivity index (χ0) is 20.5. The zero-order valence-corrected chi connectivity index (χ0v) is 18.2. The number of thioether (sulfide) groups is 1. The highest BCUT2D eigenvalue weighted by Crippen LogP contribution is 2.43. The van der Waals surface area contributed by atoms with Gasteiger partial charge in [-0.05, 0) is 63.4 Å². The molecule has 2 unspecified atom stereocenters. The van der Waals surface area contributed by atoms with Crippen LogP contribution in [-0.4, -0.2) is 57.6 Å². The minimum absolute atomic E-state index is 0.00192. The minimum atomic E-state index is -0.276. The van der Waals surface area contributed by atoms with Crippen LogP contribution in [0.1, 0.15) is 48.9 Å². The summed E-state index contributed by atoms with van der Waals surface area (Å²) < 4.78 is 12.7. The van der Waals surface area contributed by atoms with E-state index in [4.69, 9.17) is 9.47 Å². The highest BCUT2D eigenvalue weighted by atomic mass is 32.2. The molecule has 1 saturated heterocycles. The Kier molecular flexibility index (Phi) is 5.83. The van der Waals surface area contributed by atoms with Crippen molar-refractivity contribution in [3.63, 3.8) is 0 Å². The molecule has 2 aliphatic rings. The number of carbonyl (C=O) groups is 1. The van der Waals surface area contributed by atoms with E-state index in [9.17, 15) is 4.79 Å². The van der Waals surface area contributed by atoms with Gasteiger partial charge in [-0.3, -0.25) is 9.69 Å². The molecule has 0 amide bonds. The van der Waals surface area contributed by atoms with Crippen LogP contribution >= 0.6 is 11.8 Å². The van der Waals surface area contributed by atoms with Crippen LogP contribution in [0.3, 0.4) is 0 Å². The first-order valence-electron chi connectivity index (χ1n) is 10.2. The van der Waals surface area contributed by atoms with Crippen LogP contribution in [0.15, 0.2) is 23.4 Å². The Balaban J connectivity index is 1.70. The number of methoxy groups -OCH3 is 1. The predicted molar refractivity (Wildman–Crippen MR) is 112 cm³/mol. The highest BCUT2D eigenvalue weighted by molar-refractivity contribution is 8.00. The lowest BCUT2D eigenvalue weighted by molar-refractivity contribution is 0.0799. The van der Waals surface area contributed by atoms with Crippen LogP contribution in [0.5, 0.6) is 11.5 Å². The third-order valence-electron chi connectivity index (χ3n) is 5.70. The van der Waals surface area contributed by atoms with Gasteiger partial charge in [0.1, 0.15) is 11.1 Å². The maximum atomic E-state index is 13.2. The molecule has 0 aliphatic carbocycles. The van der Waals surface area contributed by atoms with E-state index in [0.29, 0.717) is 29.3 Å². The number of fused-ring (bicyclic) bond motifs is 1. The fourth-order valence-electron chi connectivity index (χ4n) is 4.13. The first kappa shape index (κ1) is 20.2. The number of likely N-dealkylation sites (tertiary alicyclic amines) is 1. The normalized spacial score (nSPS) is 21.2. The summed E-state index contributed by atoms with van der Waals surface area (Å²) in [6.07, 6.45) is 2.27.